The molecule has 1 unspecified atom stereocenters. The number of hydrogen-bond donors (Lipinski definition) is 5. The largest absolute Gasteiger partial charge is 0.394 e. The highest BCUT2D eigenvalue weighted by Crippen LogP contribution is 2.05. The molecular weight excluding hydrogens is 242 g/mol. The van der Waals surface area contributed by atoms with Gasteiger partial charge in [-0.25, -0.2) is 0 Å². The van der Waals surface area contributed by atoms with Crippen LogP contribution in [0.4, 0.5) is 5.95 Å². The lowest BCUT2D eigenvalue weighted by Crippen LogP contribution is -2.51. The normalized spacial score (nSPS) is 21.4. The fourth-order valence-electron chi connectivity index (χ4n) is 1.63. The standard InChI is InChI=1S/C9H13N5O4/c10-9-13-7-5(8(18)14-9)12-3(1-11-7)6(17)4(16)2-15/h3-4,6,15-17H,1-2H2,(H3,10,11,13,14,18)/t3?,4-,6-/m0/s1. The molecule has 0 amide bonds. The van der Waals surface area contributed by atoms with Crippen LogP contribution in [0, 0.1) is 0 Å². The van der Waals surface area contributed by atoms with E-state index in [9.17, 15) is 15.0 Å². The molecule has 0 saturated heterocycles. The van der Waals surface area contributed by atoms with E-state index in [4.69, 9.17) is 10.8 Å². The smallest absolute Gasteiger partial charge is 0.280 e. The number of aromatic nitrogens is 2. The third-order valence-corrected chi connectivity index (χ3v) is 2.59. The summed E-state index contributed by atoms with van der Waals surface area (Å²) < 4.78 is 0. The van der Waals surface area contributed by atoms with E-state index in [1.165, 1.54) is 0 Å². The summed E-state index contributed by atoms with van der Waals surface area (Å²) in [4.78, 5) is 25.6. The molecule has 6 N–H and O–H groups in total. The highest BCUT2D eigenvalue weighted by molar-refractivity contribution is 5.12. The molecule has 1 aromatic heterocycles. The van der Waals surface area contributed by atoms with Gasteiger partial charge in [0, 0.05) is 0 Å². The second kappa shape index (κ2) is 4.80. The molecular formula is C9H13N5O4. The maximum absolute atomic E-state index is 11.6. The summed E-state index contributed by atoms with van der Waals surface area (Å²) in [6.07, 6.45) is -2.64. The second-order valence-electron chi connectivity index (χ2n) is 3.90. The topological polar surface area (TPSA) is 157 Å². The number of nitrogens with zero attached hydrogens (tertiary/aromatic N) is 3. The van der Waals surface area contributed by atoms with Gasteiger partial charge < -0.3 is 21.1 Å². The molecule has 9 heteroatoms. The summed E-state index contributed by atoms with van der Waals surface area (Å²) in [5, 5.41) is 27.7. The number of rotatable bonds is 3. The quantitative estimate of drug-likeness (QED) is 0.367. The summed E-state index contributed by atoms with van der Waals surface area (Å²) in [6, 6.07) is -0.800. The van der Waals surface area contributed by atoms with Gasteiger partial charge in [-0.05, 0) is 0 Å². The van der Waals surface area contributed by atoms with Crippen LogP contribution < -0.4 is 22.1 Å². The molecule has 2 rings (SSSR count). The summed E-state index contributed by atoms with van der Waals surface area (Å²) in [6.45, 7) is -0.544. The Bertz CT molecular complexity index is 612. The third-order valence-electron chi connectivity index (χ3n) is 2.59. The first-order chi connectivity index (χ1) is 8.52. The molecule has 0 aromatic carbocycles. The fourth-order valence-corrected chi connectivity index (χ4v) is 1.63. The predicted octanol–water partition coefficient (Wildman–Crippen LogP) is -4.31. The van der Waals surface area contributed by atoms with E-state index in [-0.39, 0.29) is 23.3 Å². The predicted molar refractivity (Wildman–Crippen MR) is 59.3 cm³/mol. The second-order valence-corrected chi connectivity index (χ2v) is 3.90. The highest BCUT2D eigenvalue weighted by Gasteiger charge is 2.27. The van der Waals surface area contributed by atoms with Crippen LogP contribution >= 0.6 is 0 Å². The Morgan fingerprint density at radius 1 is 1.50 bits per heavy atom. The van der Waals surface area contributed by atoms with Gasteiger partial charge in [0.25, 0.3) is 5.56 Å². The monoisotopic (exact) mass is 255 g/mol. The molecule has 0 saturated carbocycles. The zero-order chi connectivity index (χ0) is 13.3. The molecule has 0 fully saturated rings. The van der Waals surface area contributed by atoms with Gasteiger partial charge in [0.2, 0.25) is 5.95 Å². The van der Waals surface area contributed by atoms with Crippen LogP contribution in [0.25, 0.3) is 0 Å². The molecule has 9 nitrogen and oxygen atoms in total. The van der Waals surface area contributed by atoms with E-state index in [0.29, 0.717) is 0 Å². The Balaban J connectivity index is 2.44. The molecule has 3 atom stereocenters. The van der Waals surface area contributed by atoms with Gasteiger partial charge in [-0.15, -0.1) is 0 Å². The van der Waals surface area contributed by atoms with Gasteiger partial charge in [0.05, 0.1) is 19.2 Å². The number of hydrogen-bond acceptors (Lipinski definition) is 8. The number of nitrogen functional groups attached to an aromatic ring is 1. The number of anilines is 1. The lowest BCUT2D eigenvalue weighted by atomic mass is 10.1. The number of aromatic amines is 1. The van der Waals surface area contributed by atoms with Crippen molar-refractivity contribution in [2.24, 2.45) is 9.98 Å². The first-order valence-corrected chi connectivity index (χ1v) is 5.28. The molecule has 1 aliphatic heterocycles. The number of nitrogens with two attached hydrogens (primary N) is 1. The van der Waals surface area contributed by atoms with Crippen LogP contribution in [-0.4, -0.2) is 56.7 Å². The van der Waals surface area contributed by atoms with E-state index in [0.717, 1.165) is 0 Å². The Hall–Kier alpha value is -1.84. The molecule has 0 bridgehead atoms. The number of fused-ring (bicyclic) bond motifs is 1. The lowest BCUT2D eigenvalue weighted by molar-refractivity contribution is -0.0249. The van der Waals surface area contributed by atoms with Crippen LogP contribution in [0.15, 0.2) is 14.8 Å². The average Bonchev–Trinajstić information content (AvgIpc) is 2.36. The molecule has 98 valence electrons. The van der Waals surface area contributed by atoms with E-state index >= 15 is 0 Å². The Morgan fingerprint density at radius 3 is 2.89 bits per heavy atom. The van der Waals surface area contributed by atoms with Crippen LogP contribution in [0.1, 0.15) is 0 Å². The minimum Gasteiger partial charge on any atom is -0.394 e. The van der Waals surface area contributed by atoms with Crippen LogP contribution in [-0.2, 0) is 0 Å². The van der Waals surface area contributed by atoms with E-state index in [1.54, 1.807) is 0 Å². The van der Waals surface area contributed by atoms with E-state index in [1.807, 2.05) is 0 Å². The van der Waals surface area contributed by atoms with Crippen molar-refractivity contribution in [3.63, 3.8) is 0 Å². The van der Waals surface area contributed by atoms with E-state index in [2.05, 4.69) is 20.0 Å². The van der Waals surface area contributed by atoms with Gasteiger partial charge in [-0.3, -0.25) is 19.8 Å². The van der Waals surface area contributed by atoms with Crippen molar-refractivity contribution in [3.8, 4) is 0 Å². The number of aliphatic hydroxyl groups is 3. The van der Waals surface area contributed by atoms with Crippen molar-refractivity contribution in [1.29, 1.82) is 0 Å². The third kappa shape index (κ3) is 2.23. The number of nitrogens with one attached hydrogen (secondary N) is 1. The van der Waals surface area contributed by atoms with Crippen molar-refractivity contribution in [1.82, 2.24) is 9.97 Å². The summed E-state index contributed by atoms with van der Waals surface area (Å²) in [5.41, 5.74) is 4.91. The van der Waals surface area contributed by atoms with Gasteiger partial charge in [0.15, 0.2) is 10.8 Å². The fraction of sp³-hybridized carbons (Fsp3) is 0.556. The van der Waals surface area contributed by atoms with Crippen LogP contribution in [0.3, 0.4) is 0 Å². The molecule has 18 heavy (non-hydrogen) atoms. The van der Waals surface area contributed by atoms with Gasteiger partial charge in [-0.1, -0.05) is 0 Å². The van der Waals surface area contributed by atoms with Gasteiger partial charge in [-0.2, -0.15) is 4.98 Å². The van der Waals surface area contributed by atoms with Crippen molar-refractivity contribution >= 4 is 5.95 Å². The van der Waals surface area contributed by atoms with Crippen LogP contribution in [0.5, 0.6) is 0 Å². The van der Waals surface area contributed by atoms with E-state index < -0.39 is 30.4 Å². The average molecular weight is 255 g/mol. The first kappa shape index (κ1) is 12.6. The first-order valence-electron chi connectivity index (χ1n) is 5.28. The number of H-pyrrole nitrogens is 1. The zero-order valence-corrected chi connectivity index (χ0v) is 9.32. The summed E-state index contributed by atoms with van der Waals surface area (Å²) in [5.74, 6) is -0.0629. The molecule has 0 radical (unpaired) electrons. The van der Waals surface area contributed by atoms with Crippen molar-refractivity contribution < 1.29 is 15.3 Å². The Morgan fingerprint density at radius 2 is 2.22 bits per heavy atom. The van der Waals surface area contributed by atoms with Gasteiger partial charge in [0.1, 0.15) is 12.2 Å². The molecule has 0 aliphatic carbocycles. The summed E-state index contributed by atoms with van der Waals surface area (Å²) in [7, 11) is 0. The minimum absolute atomic E-state index is 0.0374. The van der Waals surface area contributed by atoms with Crippen molar-refractivity contribution in [2.45, 2.75) is 18.2 Å². The number of aliphatic hydroxyl groups excluding tert-OH is 3. The van der Waals surface area contributed by atoms with Crippen LogP contribution in [0.2, 0.25) is 0 Å². The maximum Gasteiger partial charge on any atom is 0.280 e. The molecule has 1 aromatic rings. The molecule has 1 aliphatic rings. The van der Waals surface area contributed by atoms with Gasteiger partial charge >= 0.3 is 0 Å². The molecule has 0 spiro atoms. The Kier molecular flexibility index (Phi) is 3.36. The summed E-state index contributed by atoms with van der Waals surface area (Å²) >= 11 is 0. The van der Waals surface area contributed by atoms with Crippen molar-refractivity contribution in [3.05, 3.63) is 21.2 Å². The maximum atomic E-state index is 11.6. The lowest BCUT2D eigenvalue weighted by Gasteiger charge is -2.22. The SMILES string of the molecule is Nc1nc2c(c(=O)[nH]1)=NC([C@H](O)[C@@H](O)CO)CN=2. The highest BCUT2D eigenvalue weighted by atomic mass is 16.4. The minimum atomic E-state index is -1.34. The molecule has 2 heterocycles. The van der Waals surface area contributed by atoms with Crippen molar-refractivity contribution in [2.75, 3.05) is 18.9 Å². The Labute approximate surface area is 100 Å². The zero-order valence-electron chi connectivity index (χ0n) is 9.32.